The van der Waals surface area contributed by atoms with Gasteiger partial charge in [-0.2, -0.15) is 0 Å². The smallest absolute Gasteiger partial charge is 0.223 e. The van der Waals surface area contributed by atoms with Crippen molar-refractivity contribution in [2.45, 2.75) is 36.9 Å². The number of hydrogen-bond acceptors (Lipinski definition) is 1. The maximum absolute atomic E-state index is 11.3. The Kier molecular flexibility index (Phi) is 2.92. The number of carbonyl (C=O) groups excluding carboxylic acids is 1. The number of alkyl halides is 1. The SMILES string of the molecule is O=C(NCC1CCC(Br)C1)C1CC1. The van der Waals surface area contributed by atoms with Crippen LogP contribution in [0.4, 0.5) is 0 Å². The molecule has 0 aromatic rings. The molecular weight excluding hydrogens is 230 g/mol. The van der Waals surface area contributed by atoms with Gasteiger partial charge < -0.3 is 5.32 Å². The first-order valence-corrected chi connectivity index (χ1v) is 6.09. The monoisotopic (exact) mass is 245 g/mol. The van der Waals surface area contributed by atoms with Crippen molar-refractivity contribution >= 4 is 21.8 Å². The molecule has 3 heteroatoms. The summed E-state index contributed by atoms with van der Waals surface area (Å²) in [7, 11) is 0. The van der Waals surface area contributed by atoms with Crippen molar-refractivity contribution in [2.75, 3.05) is 6.54 Å². The molecule has 0 saturated heterocycles. The molecule has 0 aliphatic heterocycles. The molecule has 0 aromatic carbocycles. The standard InChI is InChI=1S/C10H16BrNO/c11-9-4-1-7(5-9)6-12-10(13)8-2-3-8/h7-9H,1-6H2,(H,12,13). The van der Waals surface area contributed by atoms with E-state index in [4.69, 9.17) is 0 Å². The minimum atomic E-state index is 0.290. The van der Waals surface area contributed by atoms with Gasteiger partial charge in [-0.05, 0) is 38.0 Å². The van der Waals surface area contributed by atoms with Gasteiger partial charge in [-0.1, -0.05) is 15.9 Å². The van der Waals surface area contributed by atoms with Gasteiger partial charge in [-0.15, -0.1) is 0 Å². The van der Waals surface area contributed by atoms with Gasteiger partial charge in [0, 0.05) is 17.3 Å². The van der Waals surface area contributed by atoms with Crippen LogP contribution in [0.25, 0.3) is 0 Å². The summed E-state index contributed by atoms with van der Waals surface area (Å²) in [6.07, 6.45) is 5.98. The lowest BCUT2D eigenvalue weighted by Gasteiger charge is -2.10. The van der Waals surface area contributed by atoms with E-state index < -0.39 is 0 Å². The van der Waals surface area contributed by atoms with Crippen LogP contribution in [0.1, 0.15) is 32.1 Å². The van der Waals surface area contributed by atoms with Crippen LogP contribution in [0.15, 0.2) is 0 Å². The summed E-state index contributed by atoms with van der Waals surface area (Å²) in [4.78, 5) is 12.0. The van der Waals surface area contributed by atoms with Gasteiger partial charge in [0.2, 0.25) is 5.91 Å². The molecule has 0 spiro atoms. The highest BCUT2D eigenvalue weighted by Crippen LogP contribution is 2.31. The second-order valence-corrected chi connectivity index (χ2v) is 5.59. The molecule has 2 rings (SSSR count). The Morgan fingerprint density at radius 3 is 2.62 bits per heavy atom. The van der Waals surface area contributed by atoms with Crippen molar-refractivity contribution in [1.29, 1.82) is 0 Å². The van der Waals surface area contributed by atoms with Gasteiger partial charge in [0.15, 0.2) is 0 Å². The second kappa shape index (κ2) is 3.99. The maximum Gasteiger partial charge on any atom is 0.223 e. The molecule has 2 aliphatic carbocycles. The van der Waals surface area contributed by atoms with Crippen LogP contribution in [0, 0.1) is 11.8 Å². The second-order valence-electron chi connectivity index (χ2n) is 4.30. The summed E-state index contributed by atoms with van der Waals surface area (Å²) < 4.78 is 0. The molecule has 1 N–H and O–H groups in total. The number of rotatable bonds is 3. The lowest BCUT2D eigenvalue weighted by molar-refractivity contribution is -0.122. The summed E-state index contributed by atoms with van der Waals surface area (Å²) in [6, 6.07) is 0. The number of halogens is 1. The number of amides is 1. The van der Waals surface area contributed by atoms with E-state index in [0.717, 1.165) is 19.4 Å². The molecular formula is C10H16BrNO. The fourth-order valence-electron chi connectivity index (χ4n) is 1.93. The van der Waals surface area contributed by atoms with Crippen LogP contribution in [0.3, 0.4) is 0 Å². The summed E-state index contributed by atoms with van der Waals surface area (Å²) in [5.74, 6) is 1.37. The normalized spacial score (nSPS) is 33.3. The Morgan fingerprint density at radius 1 is 1.31 bits per heavy atom. The summed E-state index contributed by atoms with van der Waals surface area (Å²) in [5, 5.41) is 3.05. The first-order valence-electron chi connectivity index (χ1n) is 5.17. The first-order chi connectivity index (χ1) is 6.25. The van der Waals surface area contributed by atoms with Crippen LogP contribution in [0.5, 0.6) is 0 Å². The highest BCUT2D eigenvalue weighted by atomic mass is 79.9. The topological polar surface area (TPSA) is 29.1 Å². The Labute approximate surface area is 87.6 Å². The van der Waals surface area contributed by atoms with Crippen LogP contribution >= 0.6 is 15.9 Å². The summed E-state index contributed by atoms with van der Waals surface area (Å²) in [6.45, 7) is 0.900. The lowest BCUT2D eigenvalue weighted by atomic mass is 10.1. The zero-order valence-corrected chi connectivity index (χ0v) is 9.35. The quantitative estimate of drug-likeness (QED) is 0.759. The van der Waals surface area contributed by atoms with Gasteiger partial charge in [0.1, 0.15) is 0 Å². The average molecular weight is 246 g/mol. The van der Waals surface area contributed by atoms with E-state index in [0.29, 0.717) is 16.7 Å². The highest BCUT2D eigenvalue weighted by Gasteiger charge is 2.30. The van der Waals surface area contributed by atoms with Crippen LogP contribution in [0.2, 0.25) is 0 Å². The van der Waals surface area contributed by atoms with Crippen molar-refractivity contribution in [3.8, 4) is 0 Å². The van der Waals surface area contributed by atoms with Gasteiger partial charge in [-0.25, -0.2) is 0 Å². The lowest BCUT2D eigenvalue weighted by Crippen LogP contribution is -2.29. The van der Waals surface area contributed by atoms with E-state index in [-0.39, 0.29) is 5.91 Å². The molecule has 74 valence electrons. The van der Waals surface area contributed by atoms with Crippen LogP contribution < -0.4 is 5.32 Å². The molecule has 0 aromatic heterocycles. The molecule has 2 aliphatic rings. The largest absolute Gasteiger partial charge is 0.356 e. The van der Waals surface area contributed by atoms with Crippen molar-refractivity contribution in [1.82, 2.24) is 5.32 Å². The molecule has 2 nitrogen and oxygen atoms in total. The molecule has 0 bridgehead atoms. The molecule has 0 radical (unpaired) electrons. The molecule has 2 saturated carbocycles. The molecule has 2 unspecified atom stereocenters. The molecule has 1 amide bonds. The van der Waals surface area contributed by atoms with Gasteiger partial charge in [0.25, 0.3) is 0 Å². The van der Waals surface area contributed by atoms with Gasteiger partial charge in [-0.3, -0.25) is 4.79 Å². The predicted molar refractivity (Wildman–Crippen MR) is 55.8 cm³/mol. The number of nitrogens with one attached hydrogen (secondary N) is 1. The molecule has 13 heavy (non-hydrogen) atoms. The van der Waals surface area contributed by atoms with Crippen molar-refractivity contribution in [2.24, 2.45) is 11.8 Å². The predicted octanol–water partition coefficient (Wildman–Crippen LogP) is 2.08. The number of carbonyl (C=O) groups is 1. The van der Waals surface area contributed by atoms with E-state index in [2.05, 4.69) is 21.2 Å². The minimum Gasteiger partial charge on any atom is -0.356 e. The molecule has 0 heterocycles. The Hall–Kier alpha value is -0.0500. The summed E-state index contributed by atoms with van der Waals surface area (Å²) >= 11 is 3.61. The number of hydrogen-bond donors (Lipinski definition) is 1. The van der Waals surface area contributed by atoms with E-state index >= 15 is 0 Å². The zero-order valence-electron chi connectivity index (χ0n) is 7.76. The van der Waals surface area contributed by atoms with Crippen molar-refractivity contribution < 1.29 is 4.79 Å². The van der Waals surface area contributed by atoms with E-state index in [9.17, 15) is 4.79 Å². The summed E-state index contributed by atoms with van der Waals surface area (Å²) in [5.41, 5.74) is 0. The van der Waals surface area contributed by atoms with E-state index in [1.54, 1.807) is 0 Å². The first kappa shape index (κ1) is 9.50. The third-order valence-electron chi connectivity index (χ3n) is 2.99. The average Bonchev–Trinajstić information content (AvgIpc) is 2.87. The van der Waals surface area contributed by atoms with Gasteiger partial charge >= 0.3 is 0 Å². The third kappa shape index (κ3) is 2.70. The fourth-order valence-corrected chi connectivity index (χ4v) is 2.73. The van der Waals surface area contributed by atoms with E-state index in [1.807, 2.05) is 0 Å². The minimum absolute atomic E-state index is 0.290. The van der Waals surface area contributed by atoms with Crippen molar-refractivity contribution in [3.05, 3.63) is 0 Å². The van der Waals surface area contributed by atoms with Crippen LogP contribution in [-0.2, 0) is 4.79 Å². The highest BCUT2D eigenvalue weighted by molar-refractivity contribution is 9.09. The Morgan fingerprint density at radius 2 is 2.08 bits per heavy atom. The maximum atomic E-state index is 11.3. The fraction of sp³-hybridized carbons (Fsp3) is 0.900. The Bertz CT molecular complexity index is 203. The third-order valence-corrected chi connectivity index (χ3v) is 3.82. The zero-order chi connectivity index (χ0) is 9.26. The molecule has 2 fully saturated rings. The van der Waals surface area contributed by atoms with Gasteiger partial charge in [0.05, 0.1) is 0 Å². The van der Waals surface area contributed by atoms with Crippen molar-refractivity contribution in [3.63, 3.8) is 0 Å². The molecule has 2 atom stereocenters. The Balaban J connectivity index is 1.64. The van der Waals surface area contributed by atoms with E-state index in [1.165, 1.54) is 19.3 Å². The van der Waals surface area contributed by atoms with Crippen LogP contribution in [-0.4, -0.2) is 17.3 Å².